The first-order valence-electron chi connectivity index (χ1n) is 6.62. The van der Waals surface area contributed by atoms with Crippen LogP contribution < -0.4 is 14.8 Å². The van der Waals surface area contributed by atoms with Crippen molar-refractivity contribution in [3.63, 3.8) is 0 Å². The molecule has 0 saturated carbocycles. The Morgan fingerprint density at radius 2 is 2.05 bits per heavy atom. The molecular weight excluding hydrogens is 304 g/mol. The lowest BCUT2D eigenvalue weighted by molar-refractivity contribution is -0.120. The van der Waals surface area contributed by atoms with Gasteiger partial charge in [0.1, 0.15) is 5.38 Å². The van der Waals surface area contributed by atoms with Gasteiger partial charge in [0.25, 0.3) is 0 Å². The molecule has 1 atom stereocenters. The first-order valence-corrected chi connectivity index (χ1v) is 7.06. The fraction of sp³-hybridized carbons (Fsp3) is 0.500. The molecule has 1 aromatic rings. The van der Waals surface area contributed by atoms with Gasteiger partial charge in [-0.25, -0.2) is 0 Å². The van der Waals surface area contributed by atoms with Gasteiger partial charge < -0.3 is 14.8 Å². The Hall–Kier alpha value is -1.56. The monoisotopic (exact) mass is 321 g/mol. The van der Waals surface area contributed by atoms with Crippen LogP contribution >= 0.6 is 11.6 Å². The Balaban J connectivity index is 2.93. The number of amides is 1. The zero-order valence-electron chi connectivity index (χ0n) is 11.9. The summed E-state index contributed by atoms with van der Waals surface area (Å²) in [5.41, 5.74) is 0.454. The molecule has 0 saturated heterocycles. The normalized spacial score (nSPS) is 12.1. The van der Waals surface area contributed by atoms with Gasteiger partial charge in [-0.05, 0) is 31.0 Å². The zero-order chi connectivity index (χ0) is 15.8. The molecule has 0 bridgehead atoms. The average molecular weight is 322 g/mol. The summed E-state index contributed by atoms with van der Waals surface area (Å²) >= 11 is 6.07. The van der Waals surface area contributed by atoms with Crippen molar-refractivity contribution in [3.8, 4) is 11.5 Å². The third-order valence-corrected chi connectivity index (χ3v) is 3.01. The third-order valence-electron chi connectivity index (χ3n) is 2.56. The van der Waals surface area contributed by atoms with Gasteiger partial charge in [0.15, 0.2) is 11.5 Å². The number of carbonyl (C=O) groups excluding carboxylic acids is 1. The van der Waals surface area contributed by atoms with E-state index in [1.807, 2.05) is 6.92 Å². The Labute approximate surface area is 127 Å². The molecule has 0 spiro atoms. The molecule has 0 radical (unpaired) electrons. The topological polar surface area (TPSA) is 47.6 Å². The molecule has 0 fully saturated rings. The maximum Gasteiger partial charge on any atom is 0.387 e. The van der Waals surface area contributed by atoms with Gasteiger partial charge in [-0.2, -0.15) is 8.78 Å². The molecule has 1 unspecified atom stereocenters. The van der Waals surface area contributed by atoms with E-state index in [2.05, 4.69) is 10.1 Å². The molecular formula is C14H18ClF2NO3. The molecule has 7 heteroatoms. The van der Waals surface area contributed by atoms with Crippen LogP contribution in [0.25, 0.3) is 0 Å². The minimum absolute atomic E-state index is 0.0894. The summed E-state index contributed by atoms with van der Waals surface area (Å²) in [7, 11) is 0. The Kier molecular flexibility index (Phi) is 7.22. The smallest absolute Gasteiger partial charge is 0.387 e. The van der Waals surface area contributed by atoms with E-state index in [1.54, 1.807) is 6.92 Å². The first kappa shape index (κ1) is 17.5. The van der Waals surface area contributed by atoms with Crippen LogP contribution in [0.2, 0.25) is 0 Å². The fourth-order valence-electron chi connectivity index (χ4n) is 1.63. The second-order valence-electron chi connectivity index (χ2n) is 4.17. The van der Waals surface area contributed by atoms with Crippen molar-refractivity contribution in [1.82, 2.24) is 5.32 Å². The minimum atomic E-state index is -2.95. The predicted molar refractivity (Wildman–Crippen MR) is 76.1 cm³/mol. The van der Waals surface area contributed by atoms with Crippen molar-refractivity contribution >= 4 is 17.5 Å². The molecule has 1 N–H and O–H groups in total. The molecule has 0 aliphatic rings. The van der Waals surface area contributed by atoms with E-state index < -0.39 is 12.0 Å². The van der Waals surface area contributed by atoms with Crippen molar-refractivity contribution < 1.29 is 23.0 Å². The fourth-order valence-corrected chi connectivity index (χ4v) is 1.85. The zero-order valence-corrected chi connectivity index (χ0v) is 12.6. The summed E-state index contributed by atoms with van der Waals surface area (Å²) in [6.45, 7) is 1.48. The van der Waals surface area contributed by atoms with Gasteiger partial charge in [0.05, 0.1) is 6.61 Å². The molecule has 118 valence electrons. The van der Waals surface area contributed by atoms with Gasteiger partial charge in [-0.15, -0.1) is 11.6 Å². The van der Waals surface area contributed by atoms with Crippen molar-refractivity contribution in [3.05, 3.63) is 23.8 Å². The number of benzene rings is 1. The highest BCUT2D eigenvalue weighted by Gasteiger charge is 2.20. The number of nitrogens with one attached hydrogen (secondary N) is 1. The van der Waals surface area contributed by atoms with Gasteiger partial charge >= 0.3 is 6.61 Å². The van der Waals surface area contributed by atoms with Crippen LogP contribution in [0.5, 0.6) is 11.5 Å². The van der Waals surface area contributed by atoms with E-state index in [9.17, 15) is 13.6 Å². The molecule has 0 aliphatic heterocycles. The van der Waals surface area contributed by atoms with Crippen LogP contribution in [0.4, 0.5) is 8.78 Å². The highest BCUT2D eigenvalue weighted by molar-refractivity contribution is 6.30. The van der Waals surface area contributed by atoms with E-state index in [4.69, 9.17) is 16.3 Å². The van der Waals surface area contributed by atoms with Gasteiger partial charge in [-0.3, -0.25) is 4.79 Å². The van der Waals surface area contributed by atoms with E-state index in [-0.39, 0.29) is 24.0 Å². The van der Waals surface area contributed by atoms with Crippen molar-refractivity contribution in [2.75, 3.05) is 13.2 Å². The lowest BCUT2D eigenvalue weighted by Gasteiger charge is -2.15. The van der Waals surface area contributed by atoms with E-state index in [0.29, 0.717) is 12.1 Å². The second-order valence-corrected chi connectivity index (χ2v) is 4.61. The Morgan fingerprint density at radius 1 is 1.33 bits per heavy atom. The minimum Gasteiger partial charge on any atom is -0.490 e. The molecule has 0 aromatic heterocycles. The lowest BCUT2D eigenvalue weighted by Crippen LogP contribution is -2.27. The van der Waals surface area contributed by atoms with E-state index in [1.165, 1.54) is 18.2 Å². The third kappa shape index (κ3) is 5.38. The van der Waals surface area contributed by atoms with Gasteiger partial charge in [-0.1, -0.05) is 13.0 Å². The Bertz CT molecular complexity index is 472. The molecule has 1 aromatic carbocycles. The molecule has 1 rings (SSSR count). The number of hydrogen-bond acceptors (Lipinski definition) is 3. The maximum absolute atomic E-state index is 12.3. The number of hydrogen-bond donors (Lipinski definition) is 1. The number of rotatable bonds is 8. The van der Waals surface area contributed by atoms with Crippen LogP contribution in [0.3, 0.4) is 0 Å². The van der Waals surface area contributed by atoms with E-state index >= 15 is 0 Å². The number of ether oxygens (including phenoxy) is 2. The van der Waals surface area contributed by atoms with Gasteiger partial charge in [0.2, 0.25) is 5.91 Å². The first-order chi connectivity index (χ1) is 9.99. The summed E-state index contributed by atoms with van der Waals surface area (Å²) < 4.78 is 34.2. The Morgan fingerprint density at radius 3 is 2.62 bits per heavy atom. The summed E-state index contributed by atoms with van der Waals surface area (Å²) in [6.07, 6.45) is 0.792. The molecule has 0 aliphatic carbocycles. The summed E-state index contributed by atoms with van der Waals surface area (Å²) in [4.78, 5) is 11.8. The standard InChI is InChI=1S/C14H18ClF2NO3/c1-3-7-18-13(19)12(15)9-5-6-10(21-14(16)17)11(8-9)20-4-2/h5-6,8,12,14H,3-4,7H2,1-2H3,(H,18,19). The second kappa shape index (κ2) is 8.67. The molecule has 4 nitrogen and oxygen atoms in total. The summed E-state index contributed by atoms with van der Waals surface area (Å²) in [5, 5.41) is 1.75. The lowest BCUT2D eigenvalue weighted by atomic mass is 10.1. The summed E-state index contributed by atoms with van der Waals surface area (Å²) in [6, 6.07) is 4.21. The van der Waals surface area contributed by atoms with Crippen molar-refractivity contribution in [2.24, 2.45) is 0 Å². The highest BCUT2D eigenvalue weighted by atomic mass is 35.5. The molecule has 21 heavy (non-hydrogen) atoms. The maximum atomic E-state index is 12.3. The quantitative estimate of drug-likeness (QED) is 0.746. The highest BCUT2D eigenvalue weighted by Crippen LogP contribution is 2.33. The number of alkyl halides is 3. The van der Waals surface area contributed by atoms with Crippen molar-refractivity contribution in [2.45, 2.75) is 32.3 Å². The number of carbonyl (C=O) groups is 1. The predicted octanol–water partition coefficient (Wildman–Crippen LogP) is 3.49. The van der Waals surface area contributed by atoms with Crippen LogP contribution in [0, 0.1) is 0 Å². The van der Waals surface area contributed by atoms with Crippen LogP contribution in [0.1, 0.15) is 31.2 Å². The van der Waals surface area contributed by atoms with E-state index in [0.717, 1.165) is 6.42 Å². The van der Waals surface area contributed by atoms with Crippen LogP contribution in [0.15, 0.2) is 18.2 Å². The molecule has 0 heterocycles. The largest absolute Gasteiger partial charge is 0.490 e. The van der Waals surface area contributed by atoms with Crippen LogP contribution in [-0.2, 0) is 4.79 Å². The van der Waals surface area contributed by atoms with Crippen molar-refractivity contribution in [1.29, 1.82) is 0 Å². The van der Waals surface area contributed by atoms with Gasteiger partial charge in [0, 0.05) is 6.54 Å². The molecule has 1 amide bonds. The SMILES string of the molecule is CCCNC(=O)C(Cl)c1ccc(OC(F)F)c(OCC)c1. The number of halogens is 3. The summed E-state index contributed by atoms with van der Waals surface area (Å²) in [5.74, 6) is -0.304. The average Bonchev–Trinajstić information content (AvgIpc) is 2.45. The van der Waals surface area contributed by atoms with Crippen LogP contribution in [-0.4, -0.2) is 25.7 Å².